The van der Waals surface area contributed by atoms with Gasteiger partial charge in [-0.25, -0.2) is 0 Å². The molecule has 0 amide bonds. The first-order valence-corrected chi connectivity index (χ1v) is 6.93. The third-order valence-corrected chi connectivity index (χ3v) is 3.68. The molecule has 0 aliphatic heterocycles. The lowest BCUT2D eigenvalue weighted by atomic mass is 10.1. The summed E-state index contributed by atoms with van der Waals surface area (Å²) in [6.07, 6.45) is 0. The highest BCUT2D eigenvalue weighted by molar-refractivity contribution is 6.37. The molecule has 106 valence electrons. The maximum atomic E-state index is 6.22. The Morgan fingerprint density at radius 1 is 1.10 bits per heavy atom. The van der Waals surface area contributed by atoms with Crippen LogP contribution in [0.4, 0.5) is 5.69 Å². The van der Waals surface area contributed by atoms with Gasteiger partial charge in [-0.1, -0.05) is 40.9 Å². The number of hydrogen-bond acceptors (Lipinski definition) is 4. The minimum atomic E-state index is 0.460. The maximum Gasteiger partial charge on any atom is 0.189 e. The molecule has 2 N–H and O–H groups in total. The van der Waals surface area contributed by atoms with Crippen molar-refractivity contribution >= 4 is 28.9 Å². The lowest BCUT2D eigenvalue weighted by Gasteiger charge is -2.10. The summed E-state index contributed by atoms with van der Waals surface area (Å²) in [5, 5.41) is 12.7. The van der Waals surface area contributed by atoms with Crippen LogP contribution >= 0.6 is 23.2 Å². The van der Waals surface area contributed by atoms with Crippen LogP contribution in [0.15, 0.2) is 36.4 Å². The van der Waals surface area contributed by atoms with E-state index in [2.05, 4.69) is 15.5 Å². The zero-order valence-electron chi connectivity index (χ0n) is 11.1. The lowest BCUT2D eigenvalue weighted by molar-refractivity contribution is 0.791. The van der Waals surface area contributed by atoms with E-state index >= 15 is 0 Å². The molecule has 0 fully saturated rings. The zero-order valence-corrected chi connectivity index (χ0v) is 12.6. The molecule has 0 bridgehead atoms. The van der Waals surface area contributed by atoms with Gasteiger partial charge in [-0.2, -0.15) is 4.68 Å². The van der Waals surface area contributed by atoms with Crippen molar-refractivity contribution in [3.05, 3.63) is 52.0 Å². The number of hydrogen-bond donors (Lipinski definition) is 1. The van der Waals surface area contributed by atoms with Crippen LogP contribution in [0.2, 0.25) is 10.0 Å². The molecule has 3 aromatic rings. The molecule has 0 atom stereocenters. The first-order valence-electron chi connectivity index (χ1n) is 6.17. The van der Waals surface area contributed by atoms with Crippen molar-refractivity contribution in [3.8, 4) is 17.1 Å². The van der Waals surface area contributed by atoms with Crippen LogP contribution in [-0.4, -0.2) is 20.2 Å². The van der Waals surface area contributed by atoms with E-state index in [1.807, 2.05) is 25.1 Å². The van der Waals surface area contributed by atoms with Gasteiger partial charge >= 0.3 is 0 Å². The van der Waals surface area contributed by atoms with Crippen LogP contribution < -0.4 is 5.73 Å². The molecule has 21 heavy (non-hydrogen) atoms. The molecule has 1 heterocycles. The predicted molar refractivity (Wildman–Crippen MR) is 83.8 cm³/mol. The summed E-state index contributed by atoms with van der Waals surface area (Å²) in [6, 6.07) is 10.9. The molecule has 0 saturated heterocycles. The number of para-hydroxylation sites is 1. The van der Waals surface area contributed by atoms with E-state index in [1.54, 1.807) is 18.2 Å². The van der Waals surface area contributed by atoms with E-state index in [9.17, 15) is 0 Å². The van der Waals surface area contributed by atoms with Crippen LogP contribution in [-0.2, 0) is 0 Å². The number of benzene rings is 2. The molecule has 2 aromatic carbocycles. The van der Waals surface area contributed by atoms with Gasteiger partial charge in [0.15, 0.2) is 5.82 Å². The fraction of sp³-hybridized carbons (Fsp3) is 0.0714. The number of nitrogens with two attached hydrogens (primary N) is 1. The summed E-state index contributed by atoms with van der Waals surface area (Å²) in [7, 11) is 0. The van der Waals surface area contributed by atoms with Crippen molar-refractivity contribution in [3.63, 3.8) is 0 Å². The third kappa shape index (κ3) is 2.46. The number of halogens is 2. The van der Waals surface area contributed by atoms with E-state index in [4.69, 9.17) is 28.9 Å². The smallest absolute Gasteiger partial charge is 0.189 e. The summed E-state index contributed by atoms with van der Waals surface area (Å²) < 4.78 is 1.50. The molecular formula is C14H11Cl2N5. The van der Waals surface area contributed by atoms with Gasteiger partial charge in [0.2, 0.25) is 0 Å². The highest BCUT2D eigenvalue weighted by Crippen LogP contribution is 2.32. The summed E-state index contributed by atoms with van der Waals surface area (Å²) in [6.45, 7) is 1.97. The molecule has 0 spiro atoms. The number of anilines is 1. The minimum Gasteiger partial charge on any atom is -0.398 e. The van der Waals surface area contributed by atoms with Gasteiger partial charge in [0.1, 0.15) is 5.69 Å². The number of aryl methyl sites for hydroxylation is 1. The second kappa shape index (κ2) is 5.35. The van der Waals surface area contributed by atoms with E-state index in [1.165, 1.54) is 4.68 Å². The molecule has 0 radical (unpaired) electrons. The topological polar surface area (TPSA) is 69.6 Å². The molecule has 1 aromatic heterocycles. The number of nitrogens with zero attached hydrogens (tertiary/aromatic N) is 4. The Hall–Kier alpha value is -2.11. The van der Waals surface area contributed by atoms with Gasteiger partial charge in [-0.3, -0.25) is 0 Å². The third-order valence-electron chi connectivity index (χ3n) is 3.07. The fourth-order valence-electron chi connectivity index (χ4n) is 2.06. The predicted octanol–water partition coefficient (Wildman–Crippen LogP) is 3.53. The van der Waals surface area contributed by atoms with Gasteiger partial charge in [-0.05, 0) is 41.6 Å². The Labute approximate surface area is 131 Å². The Morgan fingerprint density at radius 3 is 2.52 bits per heavy atom. The van der Waals surface area contributed by atoms with Crippen molar-refractivity contribution in [1.29, 1.82) is 0 Å². The Bertz CT molecular complexity index is 793. The fourth-order valence-corrected chi connectivity index (χ4v) is 2.62. The average Bonchev–Trinajstić information content (AvgIpc) is 2.90. The molecule has 0 unspecified atom stereocenters. The molecular weight excluding hydrogens is 309 g/mol. The molecule has 0 aliphatic rings. The van der Waals surface area contributed by atoms with Crippen LogP contribution in [0.3, 0.4) is 0 Å². The highest BCUT2D eigenvalue weighted by Gasteiger charge is 2.17. The Kier molecular flexibility index (Phi) is 3.53. The van der Waals surface area contributed by atoms with E-state index in [0.29, 0.717) is 27.2 Å². The Morgan fingerprint density at radius 2 is 1.81 bits per heavy atom. The number of aromatic nitrogens is 4. The normalized spacial score (nSPS) is 10.8. The van der Waals surface area contributed by atoms with E-state index < -0.39 is 0 Å². The first-order chi connectivity index (χ1) is 10.1. The maximum absolute atomic E-state index is 6.22. The monoisotopic (exact) mass is 319 g/mol. The van der Waals surface area contributed by atoms with Gasteiger partial charge in [0.05, 0.1) is 10.0 Å². The molecule has 5 nitrogen and oxygen atoms in total. The van der Waals surface area contributed by atoms with Crippen molar-refractivity contribution in [2.24, 2.45) is 0 Å². The highest BCUT2D eigenvalue weighted by atomic mass is 35.5. The quantitative estimate of drug-likeness (QED) is 0.733. The minimum absolute atomic E-state index is 0.460. The lowest BCUT2D eigenvalue weighted by Crippen LogP contribution is -2.03. The van der Waals surface area contributed by atoms with Crippen LogP contribution in [0.5, 0.6) is 0 Å². The number of tetrazole rings is 1. The summed E-state index contributed by atoms with van der Waals surface area (Å²) in [4.78, 5) is 0. The second-order valence-corrected chi connectivity index (χ2v) is 5.39. The molecule has 7 heteroatoms. The van der Waals surface area contributed by atoms with E-state index in [0.717, 1.165) is 11.1 Å². The molecule has 0 saturated carbocycles. The summed E-state index contributed by atoms with van der Waals surface area (Å²) in [5.41, 5.74) is 8.93. The van der Waals surface area contributed by atoms with Crippen molar-refractivity contribution in [2.45, 2.75) is 6.92 Å². The van der Waals surface area contributed by atoms with Gasteiger partial charge in [-0.15, -0.1) is 5.10 Å². The second-order valence-electron chi connectivity index (χ2n) is 4.58. The van der Waals surface area contributed by atoms with E-state index in [-0.39, 0.29) is 0 Å². The number of rotatable bonds is 2. The summed E-state index contributed by atoms with van der Waals surface area (Å²) >= 11 is 12.4. The molecule has 3 rings (SSSR count). The van der Waals surface area contributed by atoms with Crippen molar-refractivity contribution in [2.75, 3.05) is 5.73 Å². The standard InChI is InChI=1S/C14H11Cl2N5/c1-8-5-6-12(17)9(7-8)14-18-19-20-21(14)13-10(15)3-2-4-11(13)16/h2-7H,17H2,1H3. The van der Waals surface area contributed by atoms with Crippen LogP contribution in [0, 0.1) is 6.92 Å². The first kappa shape index (κ1) is 13.9. The zero-order chi connectivity index (χ0) is 15.0. The largest absolute Gasteiger partial charge is 0.398 e. The van der Waals surface area contributed by atoms with Gasteiger partial charge in [0.25, 0.3) is 0 Å². The van der Waals surface area contributed by atoms with Crippen LogP contribution in [0.1, 0.15) is 5.56 Å². The Balaban J connectivity index is 2.25. The number of nitrogen functional groups attached to an aromatic ring is 1. The molecule has 0 aliphatic carbocycles. The van der Waals surface area contributed by atoms with Crippen LogP contribution in [0.25, 0.3) is 17.1 Å². The average molecular weight is 320 g/mol. The van der Waals surface area contributed by atoms with Crippen molar-refractivity contribution < 1.29 is 0 Å². The van der Waals surface area contributed by atoms with Gasteiger partial charge in [0, 0.05) is 11.3 Å². The summed E-state index contributed by atoms with van der Waals surface area (Å²) in [5.74, 6) is 0.492. The SMILES string of the molecule is Cc1ccc(N)c(-c2nnnn2-c2c(Cl)cccc2Cl)c1. The van der Waals surface area contributed by atoms with Crippen molar-refractivity contribution in [1.82, 2.24) is 20.2 Å². The van der Waals surface area contributed by atoms with Gasteiger partial charge < -0.3 is 5.73 Å².